The topological polar surface area (TPSA) is 130 Å². The van der Waals surface area contributed by atoms with E-state index in [2.05, 4.69) is 10.2 Å². The minimum atomic E-state index is -1.62. The van der Waals surface area contributed by atoms with Gasteiger partial charge in [-0.3, -0.25) is 4.90 Å². The number of amides is 1. The quantitative estimate of drug-likeness (QED) is 0.205. The minimum absolute atomic E-state index is 0.0186. The van der Waals surface area contributed by atoms with Gasteiger partial charge >= 0.3 is 6.09 Å². The van der Waals surface area contributed by atoms with Gasteiger partial charge in [0, 0.05) is 42.7 Å². The van der Waals surface area contributed by atoms with Crippen molar-refractivity contribution in [3.05, 3.63) is 100 Å². The summed E-state index contributed by atoms with van der Waals surface area (Å²) in [4.78, 5) is 15.0. The van der Waals surface area contributed by atoms with Gasteiger partial charge in [-0.05, 0) is 87.4 Å². The number of alkyl carbamates (subject to hydrolysis) is 1. The fraction of sp³-hybridized carbons (Fsp3) is 0.513. The van der Waals surface area contributed by atoms with Crippen LogP contribution in [-0.4, -0.2) is 99.8 Å². The third kappa shape index (κ3) is 9.32. The van der Waals surface area contributed by atoms with Crippen LogP contribution in [0, 0.1) is 23.3 Å². The SMILES string of the molecule is CS[C@H]1O[C@@H](c2cc(Cc3ccc(O[C@@H]4CCN([C@H]5CO[C@H](c6cc(F)ccc6F)[C@@H](NC(=O)OC(C)(C)C)C5)C4)cc3)c(F)cc2F)[C@H](O)[C@@H](O)[C@@H]1O. The van der Waals surface area contributed by atoms with E-state index in [0.29, 0.717) is 37.2 Å². The highest BCUT2D eigenvalue weighted by atomic mass is 32.2. The Balaban J connectivity index is 1.08. The largest absolute Gasteiger partial charge is 0.489 e. The van der Waals surface area contributed by atoms with Crippen molar-refractivity contribution in [1.29, 1.82) is 0 Å². The maximum Gasteiger partial charge on any atom is 0.407 e. The van der Waals surface area contributed by atoms with E-state index >= 15 is 0 Å². The molecule has 3 heterocycles. The summed E-state index contributed by atoms with van der Waals surface area (Å²) < 4.78 is 82.4. The van der Waals surface area contributed by atoms with Crippen LogP contribution in [0.1, 0.15) is 68.1 Å². The van der Waals surface area contributed by atoms with E-state index in [9.17, 15) is 37.7 Å². The minimum Gasteiger partial charge on any atom is -0.489 e. The molecule has 1 amide bonds. The molecule has 15 heteroatoms. The molecule has 10 nitrogen and oxygen atoms in total. The first-order valence-corrected chi connectivity index (χ1v) is 19.1. The zero-order valence-electron chi connectivity index (χ0n) is 30.4. The number of likely N-dealkylation sites (tertiary alicyclic amines) is 1. The number of carbonyl (C=O) groups excluding carboxylic acids is 1. The molecular formula is C39H46F4N2O8S. The summed E-state index contributed by atoms with van der Waals surface area (Å²) in [5.41, 5.74) is -0.922. The predicted molar refractivity (Wildman–Crippen MR) is 192 cm³/mol. The number of carbonyl (C=O) groups is 1. The lowest BCUT2D eigenvalue weighted by atomic mass is 9.92. The molecule has 0 bridgehead atoms. The number of ether oxygens (including phenoxy) is 4. The van der Waals surface area contributed by atoms with Crippen molar-refractivity contribution < 1.29 is 56.6 Å². The summed E-state index contributed by atoms with van der Waals surface area (Å²) >= 11 is 1.10. The second kappa shape index (κ2) is 16.7. The van der Waals surface area contributed by atoms with Crippen molar-refractivity contribution >= 4 is 17.9 Å². The van der Waals surface area contributed by atoms with Crippen molar-refractivity contribution in [3.8, 4) is 5.75 Å². The number of aliphatic hydroxyl groups excluding tert-OH is 3. The number of hydrogen-bond donors (Lipinski definition) is 4. The lowest BCUT2D eigenvalue weighted by Gasteiger charge is -2.40. The molecular weight excluding hydrogens is 732 g/mol. The Kier molecular flexibility index (Phi) is 12.5. The number of rotatable bonds is 9. The van der Waals surface area contributed by atoms with E-state index in [-0.39, 0.29) is 41.9 Å². The number of aliphatic hydroxyl groups is 3. The van der Waals surface area contributed by atoms with E-state index in [1.165, 1.54) is 6.07 Å². The molecule has 0 unspecified atom stereocenters. The zero-order chi connectivity index (χ0) is 38.9. The van der Waals surface area contributed by atoms with Crippen LogP contribution >= 0.6 is 11.8 Å². The molecule has 0 saturated carbocycles. The molecule has 0 aliphatic carbocycles. The Bertz CT molecular complexity index is 1780. The fourth-order valence-electron chi connectivity index (χ4n) is 7.25. The highest BCUT2D eigenvalue weighted by Gasteiger charge is 2.45. The summed E-state index contributed by atoms with van der Waals surface area (Å²) in [5.74, 6) is -2.38. The van der Waals surface area contributed by atoms with Crippen molar-refractivity contribution in [2.75, 3.05) is 26.0 Å². The van der Waals surface area contributed by atoms with Gasteiger partial charge in [0.15, 0.2) is 0 Å². The highest BCUT2D eigenvalue weighted by molar-refractivity contribution is 7.99. The Morgan fingerprint density at radius 2 is 1.65 bits per heavy atom. The molecule has 6 rings (SSSR count). The molecule has 0 radical (unpaired) electrons. The van der Waals surface area contributed by atoms with Gasteiger partial charge in [0.25, 0.3) is 0 Å². The molecule has 3 aromatic rings. The van der Waals surface area contributed by atoms with Gasteiger partial charge in [0.1, 0.15) is 76.7 Å². The van der Waals surface area contributed by atoms with Gasteiger partial charge in [-0.2, -0.15) is 0 Å². The van der Waals surface area contributed by atoms with Crippen LogP contribution in [0.25, 0.3) is 0 Å². The van der Waals surface area contributed by atoms with Crippen LogP contribution in [0.15, 0.2) is 54.6 Å². The summed E-state index contributed by atoms with van der Waals surface area (Å²) in [7, 11) is 0. The summed E-state index contributed by atoms with van der Waals surface area (Å²) in [5, 5.41) is 33.9. The van der Waals surface area contributed by atoms with E-state index in [1.807, 2.05) is 0 Å². The van der Waals surface area contributed by atoms with Crippen LogP contribution in [0.2, 0.25) is 0 Å². The van der Waals surface area contributed by atoms with Crippen molar-refractivity contribution in [1.82, 2.24) is 10.2 Å². The Morgan fingerprint density at radius 1 is 0.926 bits per heavy atom. The van der Waals surface area contributed by atoms with Gasteiger partial charge in [-0.1, -0.05) is 12.1 Å². The Morgan fingerprint density at radius 3 is 2.35 bits per heavy atom. The summed E-state index contributed by atoms with van der Waals surface area (Å²) in [6.07, 6.45) is -4.84. The van der Waals surface area contributed by atoms with E-state index in [1.54, 1.807) is 51.3 Å². The number of thioether (sulfide) groups is 1. The molecule has 4 N–H and O–H groups in total. The molecule has 3 aromatic carbocycles. The molecule has 9 atom stereocenters. The molecule has 0 aromatic heterocycles. The first kappa shape index (κ1) is 40.2. The van der Waals surface area contributed by atoms with Gasteiger partial charge in [0.05, 0.1) is 12.6 Å². The van der Waals surface area contributed by atoms with Crippen LogP contribution in [-0.2, 0) is 20.6 Å². The molecule has 0 spiro atoms. The van der Waals surface area contributed by atoms with Gasteiger partial charge in [-0.15, -0.1) is 11.8 Å². The number of hydrogen-bond acceptors (Lipinski definition) is 10. The second-order valence-corrected chi connectivity index (χ2v) is 15.9. The van der Waals surface area contributed by atoms with Gasteiger partial charge < -0.3 is 39.6 Å². The predicted octanol–water partition coefficient (Wildman–Crippen LogP) is 5.55. The monoisotopic (exact) mass is 778 g/mol. The Labute approximate surface area is 315 Å². The van der Waals surface area contributed by atoms with E-state index in [4.69, 9.17) is 18.9 Å². The number of nitrogens with one attached hydrogen (secondary N) is 1. The van der Waals surface area contributed by atoms with E-state index < -0.39 is 77.0 Å². The van der Waals surface area contributed by atoms with Gasteiger partial charge in [0.2, 0.25) is 0 Å². The molecule has 3 saturated heterocycles. The molecule has 3 aliphatic rings. The number of benzene rings is 3. The van der Waals surface area contributed by atoms with Crippen LogP contribution in [0.5, 0.6) is 5.75 Å². The van der Waals surface area contributed by atoms with Crippen molar-refractivity contribution in [3.63, 3.8) is 0 Å². The van der Waals surface area contributed by atoms with Crippen molar-refractivity contribution in [2.45, 2.75) is 99.8 Å². The lowest BCUT2D eigenvalue weighted by molar-refractivity contribution is -0.200. The Hall–Kier alpha value is -3.44. The standard InChI is InChI=1S/C39H46F4N2O8S/c1-39(2,3)53-38(49)44-31-16-23(19-50-35(31)27-15-22(40)7-10-28(27)41)45-12-11-25(18-45)51-24-8-5-20(6-9-24)13-21-14-26(30(43)17-29(21)42)36-33(47)32(46)34(48)37(52-36)54-4/h5-10,14-15,17,23,25,31-37,46-48H,11-13,16,18-19H2,1-4H3,(H,44,49)/t23-,25-,31+,32-,33-,34+,35-,36+,37-/m1/s1. The third-order valence-electron chi connectivity index (χ3n) is 9.91. The normalized spacial score (nSPS) is 29.2. The van der Waals surface area contributed by atoms with E-state index in [0.717, 1.165) is 36.0 Å². The average molecular weight is 779 g/mol. The molecule has 294 valence electrons. The van der Waals surface area contributed by atoms with Crippen LogP contribution in [0.3, 0.4) is 0 Å². The third-order valence-corrected chi connectivity index (χ3v) is 10.8. The summed E-state index contributed by atoms with van der Waals surface area (Å²) in [6, 6.07) is 11.4. The maximum absolute atomic E-state index is 15.0. The number of halogens is 4. The molecule has 3 fully saturated rings. The zero-order valence-corrected chi connectivity index (χ0v) is 31.2. The number of nitrogens with zero attached hydrogens (tertiary/aromatic N) is 1. The first-order chi connectivity index (χ1) is 25.6. The van der Waals surface area contributed by atoms with Crippen molar-refractivity contribution in [2.24, 2.45) is 0 Å². The van der Waals surface area contributed by atoms with Crippen LogP contribution < -0.4 is 10.1 Å². The molecule has 3 aliphatic heterocycles. The lowest BCUT2D eigenvalue weighted by Crippen LogP contribution is -2.53. The first-order valence-electron chi connectivity index (χ1n) is 17.9. The smallest absolute Gasteiger partial charge is 0.407 e. The van der Waals surface area contributed by atoms with Crippen LogP contribution in [0.4, 0.5) is 22.4 Å². The fourth-order valence-corrected chi connectivity index (χ4v) is 7.92. The maximum atomic E-state index is 15.0. The summed E-state index contributed by atoms with van der Waals surface area (Å²) in [6.45, 7) is 6.65. The second-order valence-electron chi connectivity index (χ2n) is 15.0. The highest BCUT2D eigenvalue weighted by Crippen LogP contribution is 2.38. The molecule has 54 heavy (non-hydrogen) atoms. The average Bonchev–Trinajstić information content (AvgIpc) is 3.58. The van der Waals surface area contributed by atoms with Gasteiger partial charge in [-0.25, -0.2) is 22.4 Å².